The van der Waals surface area contributed by atoms with Gasteiger partial charge in [-0.3, -0.25) is 14.0 Å². The van der Waals surface area contributed by atoms with Gasteiger partial charge in [0.15, 0.2) is 14.1 Å². The Bertz CT molecular complexity index is 1710. The van der Waals surface area contributed by atoms with Crippen molar-refractivity contribution in [1.82, 2.24) is 29.3 Å². The number of thioether (sulfide) groups is 1. The number of nitrogens with zero attached hydrogens (tertiary/aromatic N) is 3. The monoisotopic (exact) mass is 862 g/mol. The van der Waals surface area contributed by atoms with Gasteiger partial charge in [0.25, 0.3) is 0 Å². The van der Waals surface area contributed by atoms with Crippen molar-refractivity contribution >= 4 is 70.5 Å². The van der Waals surface area contributed by atoms with Crippen LogP contribution in [-0.4, -0.2) is 95.0 Å². The second-order valence-electron chi connectivity index (χ2n) is 10.4. The third kappa shape index (κ3) is 20.8. The molecule has 1 fully saturated rings. The van der Waals surface area contributed by atoms with Crippen molar-refractivity contribution in [3.8, 4) is 34.3 Å². The van der Waals surface area contributed by atoms with Gasteiger partial charge in [0.2, 0.25) is 11.8 Å². The topological polar surface area (TPSA) is 140 Å². The van der Waals surface area contributed by atoms with E-state index in [9.17, 15) is 35.9 Å². The number of ether oxygens (including phenoxy) is 3. The van der Waals surface area contributed by atoms with E-state index in [2.05, 4.69) is 24.0 Å². The van der Waals surface area contributed by atoms with Crippen LogP contribution in [0.15, 0.2) is 52.9 Å². The van der Waals surface area contributed by atoms with Crippen LogP contribution in [-0.2, 0) is 14.3 Å². The first kappa shape index (κ1) is 46.7. The van der Waals surface area contributed by atoms with Gasteiger partial charge in [-0.2, -0.15) is 30.7 Å². The zero-order chi connectivity index (χ0) is 40.0. The third-order valence-electron chi connectivity index (χ3n) is 6.29. The van der Waals surface area contributed by atoms with Crippen LogP contribution in [0.2, 0.25) is 0 Å². The summed E-state index contributed by atoms with van der Waals surface area (Å²) in [5.41, 5.74) is 1.83. The molecule has 1 aliphatic heterocycles. The molecular formula is C32H37ClF6N6O5S4. The molecular weight excluding hydrogens is 826 g/mol. The van der Waals surface area contributed by atoms with Crippen molar-refractivity contribution in [2.24, 2.45) is 0 Å². The van der Waals surface area contributed by atoms with Gasteiger partial charge < -0.3 is 24.8 Å². The molecule has 4 aromatic rings. The fourth-order valence-electron chi connectivity index (χ4n) is 3.65. The quantitative estimate of drug-likeness (QED) is 0.0551. The van der Waals surface area contributed by atoms with E-state index in [4.69, 9.17) is 38.0 Å². The van der Waals surface area contributed by atoms with Gasteiger partial charge in [-0.1, -0.05) is 11.8 Å². The van der Waals surface area contributed by atoms with E-state index >= 15 is 0 Å². The molecule has 2 aromatic carbocycles. The van der Waals surface area contributed by atoms with Crippen LogP contribution < -0.4 is 20.1 Å². The predicted octanol–water partition coefficient (Wildman–Crippen LogP) is 8.34. The summed E-state index contributed by atoms with van der Waals surface area (Å²) in [7, 11) is 3.22. The van der Waals surface area contributed by atoms with Crippen molar-refractivity contribution in [3.05, 3.63) is 52.5 Å². The zero-order valence-electron chi connectivity index (χ0n) is 28.9. The SMILES string of the molecule is C1CCOC1.COc1ccc(-c2nc(=S)s[nH]2)cc1.COc1ccc(-c2nsc(SCC(=O)NCCC(F)(F)F)n2)cc1.O=C(CCl)NCCC(F)(F)F. The first-order chi connectivity index (χ1) is 25.6. The van der Waals surface area contributed by atoms with Crippen molar-refractivity contribution in [2.75, 3.05) is 52.2 Å². The Balaban J connectivity index is 0.000000283. The Labute approximate surface area is 329 Å². The highest BCUT2D eigenvalue weighted by Crippen LogP contribution is 2.26. The lowest BCUT2D eigenvalue weighted by Crippen LogP contribution is -2.29. The first-order valence-corrected chi connectivity index (χ1v) is 19.3. The average molecular weight is 863 g/mol. The van der Waals surface area contributed by atoms with E-state index < -0.39 is 50.1 Å². The molecule has 1 saturated heterocycles. The normalized spacial score (nSPS) is 12.2. The van der Waals surface area contributed by atoms with Crippen molar-refractivity contribution in [3.63, 3.8) is 0 Å². The number of aromatic amines is 1. The minimum absolute atomic E-state index is 0.00486. The lowest BCUT2D eigenvalue weighted by molar-refractivity contribution is -0.136. The minimum atomic E-state index is -4.27. The summed E-state index contributed by atoms with van der Waals surface area (Å²) in [6.45, 7) is 1.17. The number of hydrogen-bond acceptors (Lipinski definition) is 12. The third-order valence-corrected chi connectivity index (χ3v) is 9.27. The lowest BCUT2D eigenvalue weighted by Gasteiger charge is -2.06. The number of H-pyrrole nitrogens is 1. The van der Waals surface area contributed by atoms with E-state index in [-0.39, 0.29) is 11.6 Å². The lowest BCUT2D eigenvalue weighted by atomic mass is 10.2. The molecule has 1 aliphatic rings. The molecule has 0 aliphatic carbocycles. The molecule has 0 saturated carbocycles. The highest BCUT2D eigenvalue weighted by molar-refractivity contribution is 8.01. The largest absolute Gasteiger partial charge is 0.497 e. The van der Waals surface area contributed by atoms with Crippen molar-refractivity contribution in [2.45, 2.75) is 42.4 Å². The van der Waals surface area contributed by atoms with Crippen LogP contribution in [0.3, 0.4) is 0 Å². The predicted molar refractivity (Wildman–Crippen MR) is 200 cm³/mol. The fourth-order valence-corrected chi connectivity index (χ4v) is 5.89. The number of aromatic nitrogens is 4. The number of hydrogen-bond donors (Lipinski definition) is 3. The van der Waals surface area contributed by atoms with Gasteiger partial charge in [-0.15, -0.1) is 11.6 Å². The van der Waals surface area contributed by atoms with Crippen molar-refractivity contribution in [1.29, 1.82) is 0 Å². The molecule has 5 rings (SSSR count). The number of benzene rings is 2. The van der Waals surface area contributed by atoms with E-state index in [1.54, 1.807) is 26.4 Å². The summed E-state index contributed by atoms with van der Waals surface area (Å²) in [6, 6.07) is 14.9. The van der Waals surface area contributed by atoms with E-state index in [0.29, 0.717) is 14.1 Å². The molecule has 0 spiro atoms. The standard InChI is InChI=1S/C14H14F3N3O2S2.C9H8N2OS2.C5H7ClF3NO.C4H8O/c1-22-10-4-2-9(3-5-10)12-19-13(24-20-12)23-8-11(21)18-7-6-14(15,16)17;1-12-7-4-2-6(3-5-7)8-10-9(13)14-11-8;6-3-4(11)10-2-1-5(7,8)9;1-2-4-5-3-1/h2-5H,6-8H2,1H3,(H,18,21);2-5H,1H3,(H,10,11,13);1-3H2,(H,10,11);1-4H2. The highest BCUT2D eigenvalue weighted by Gasteiger charge is 2.27. The number of nitrogens with one attached hydrogen (secondary N) is 3. The van der Waals surface area contributed by atoms with Gasteiger partial charge in [0.1, 0.15) is 23.2 Å². The first-order valence-electron chi connectivity index (χ1n) is 15.7. The van der Waals surface area contributed by atoms with Gasteiger partial charge in [-0.05, 0) is 96.7 Å². The molecule has 54 heavy (non-hydrogen) atoms. The molecule has 2 amide bonds. The molecule has 298 valence electrons. The van der Waals surface area contributed by atoms with E-state index in [1.165, 1.54) is 24.4 Å². The Morgan fingerprint density at radius 3 is 1.81 bits per heavy atom. The van der Waals surface area contributed by atoms with E-state index in [1.807, 2.05) is 41.7 Å². The summed E-state index contributed by atoms with van der Waals surface area (Å²) < 4.78 is 93.8. The number of methoxy groups -OCH3 is 2. The summed E-state index contributed by atoms with van der Waals surface area (Å²) in [5.74, 6) is 1.53. The number of halogens is 7. The molecule has 0 bridgehead atoms. The van der Waals surface area contributed by atoms with Gasteiger partial charge in [0, 0.05) is 37.4 Å². The maximum absolute atomic E-state index is 12.0. The second-order valence-corrected chi connectivity index (χ2v) is 14.1. The molecule has 0 radical (unpaired) electrons. The van der Waals surface area contributed by atoms with Crippen LogP contribution in [0.1, 0.15) is 25.7 Å². The molecule has 11 nitrogen and oxygen atoms in total. The Morgan fingerprint density at radius 2 is 1.39 bits per heavy atom. The molecule has 0 atom stereocenters. The Morgan fingerprint density at radius 1 is 0.870 bits per heavy atom. The van der Waals surface area contributed by atoms with Gasteiger partial charge >= 0.3 is 12.4 Å². The van der Waals surface area contributed by atoms with Crippen molar-refractivity contribution < 1.29 is 50.1 Å². The molecule has 3 heterocycles. The zero-order valence-corrected chi connectivity index (χ0v) is 32.9. The van der Waals surface area contributed by atoms with Gasteiger partial charge in [-0.25, -0.2) is 9.97 Å². The fraction of sp³-hybridized carbons (Fsp3) is 0.438. The Hall–Kier alpha value is -3.50. The number of alkyl halides is 7. The molecule has 3 N–H and O–H groups in total. The van der Waals surface area contributed by atoms with Crippen LogP contribution in [0.25, 0.3) is 22.8 Å². The highest BCUT2D eigenvalue weighted by atomic mass is 35.5. The molecule has 0 unspecified atom stereocenters. The summed E-state index contributed by atoms with van der Waals surface area (Å²) >= 11 is 13.6. The maximum atomic E-state index is 12.0. The minimum Gasteiger partial charge on any atom is -0.497 e. The second kappa shape index (κ2) is 24.8. The van der Waals surface area contributed by atoms with Crippen LogP contribution in [0.4, 0.5) is 26.3 Å². The number of carbonyl (C=O) groups excluding carboxylic acids is 2. The molecule has 22 heteroatoms. The van der Waals surface area contributed by atoms with Gasteiger partial charge in [0.05, 0.1) is 32.8 Å². The number of rotatable bonds is 12. The molecule has 2 aromatic heterocycles. The number of carbonyl (C=O) groups is 2. The summed E-state index contributed by atoms with van der Waals surface area (Å²) in [4.78, 5) is 30.3. The summed E-state index contributed by atoms with van der Waals surface area (Å²) in [6.07, 6.45) is -7.99. The number of amides is 2. The van der Waals surface area contributed by atoms with Crippen LogP contribution in [0, 0.1) is 3.95 Å². The van der Waals surface area contributed by atoms with Crippen LogP contribution in [0.5, 0.6) is 11.5 Å². The smallest absolute Gasteiger partial charge is 0.390 e. The van der Waals surface area contributed by atoms with E-state index in [0.717, 1.165) is 65.0 Å². The Kier molecular flexibility index (Phi) is 21.4. The maximum Gasteiger partial charge on any atom is 0.390 e. The average Bonchev–Trinajstić information content (AvgIpc) is 3.95. The summed E-state index contributed by atoms with van der Waals surface area (Å²) in [5, 5.41) is 4.22. The van der Waals surface area contributed by atoms with Crippen LogP contribution >= 0.6 is 58.6 Å².